The Hall–Kier alpha value is -1.56. The molecule has 0 unspecified atom stereocenters. The summed E-state index contributed by atoms with van der Waals surface area (Å²) in [6.07, 6.45) is 0.661. The summed E-state index contributed by atoms with van der Waals surface area (Å²) in [5.41, 5.74) is 5.08. The van der Waals surface area contributed by atoms with Gasteiger partial charge in [0, 0.05) is 12.1 Å². The van der Waals surface area contributed by atoms with Crippen molar-refractivity contribution in [2.24, 2.45) is 11.7 Å². The van der Waals surface area contributed by atoms with E-state index in [1.807, 2.05) is 6.92 Å². The average molecular weight is 260 g/mol. The first-order valence-electron chi connectivity index (χ1n) is 5.57. The molecule has 0 aromatic heterocycles. The minimum atomic E-state index is -1.36. The molecule has 0 spiro atoms. The van der Waals surface area contributed by atoms with Gasteiger partial charge in [0.15, 0.2) is 11.6 Å². The van der Waals surface area contributed by atoms with Gasteiger partial charge in [-0.2, -0.15) is 0 Å². The number of carbonyl (C=O) groups is 1. The van der Waals surface area contributed by atoms with E-state index in [0.717, 1.165) is 0 Å². The normalized spacial score (nSPS) is 14.1. The van der Waals surface area contributed by atoms with Crippen molar-refractivity contribution in [2.75, 3.05) is 5.32 Å². The third kappa shape index (κ3) is 3.22. The quantitative estimate of drug-likeness (QED) is 0.817. The fourth-order valence-corrected chi connectivity index (χ4v) is 1.38. The zero-order chi connectivity index (χ0) is 13.9. The van der Waals surface area contributed by atoms with Crippen LogP contribution in [0.25, 0.3) is 0 Å². The molecular formula is C12H15F3N2O. The molecule has 1 rings (SSSR count). The van der Waals surface area contributed by atoms with Crippen molar-refractivity contribution >= 4 is 11.6 Å². The molecule has 0 heterocycles. The molecule has 100 valence electrons. The van der Waals surface area contributed by atoms with E-state index in [1.54, 1.807) is 6.92 Å². The summed E-state index contributed by atoms with van der Waals surface area (Å²) in [6.45, 7) is 3.60. The van der Waals surface area contributed by atoms with Crippen molar-refractivity contribution in [1.82, 2.24) is 0 Å². The van der Waals surface area contributed by atoms with Gasteiger partial charge in [-0.05, 0) is 5.92 Å². The zero-order valence-electron chi connectivity index (χ0n) is 10.1. The van der Waals surface area contributed by atoms with E-state index in [4.69, 9.17) is 5.73 Å². The topological polar surface area (TPSA) is 55.1 Å². The first kappa shape index (κ1) is 14.5. The highest BCUT2D eigenvalue weighted by molar-refractivity contribution is 5.94. The number of halogens is 3. The smallest absolute Gasteiger partial charge is 0.241 e. The van der Waals surface area contributed by atoms with E-state index in [1.165, 1.54) is 0 Å². The van der Waals surface area contributed by atoms with Crippen molar-refractivity contribution in [3.63, 3.8) is 0 Å². The molecule has 0 aliphatic heterocycles. The Kier molecular flexibility index (Phi) is 4.72. The van der Waals surface area contributed by atoms with Gasteiger partial charge in [0.05, 0.1) is 11.7 Å². The summed E-state index contributed by atoms with van der Waals surface area (Å²) in [5.74, 6) is -4.43. The van der Waals surface area contributed by atoms with Gasteiger partial charge in [-0.25, -0.2) is 13.2 Å². The summed E-state index contributed by atoms with van der Waals surface area (Å²) in [4.78, 5) is 11.6. The molecule has 0 radical (unpaired) electrons. The van der Waals surface area contributed by atoms with Crippen LogP contribution in [0, 0.1) is 23.4 Å². The minimum absolute atomic E-state index is 0.119. The van der Waals surface area contributed by atoms with Crippen molar-refractivity contribution in [3.8, 4) is 0 Å². The van der Waals surface area contributed by atoms with Crippen LogP contribution in [0.1, 0.15) is 20.3 Å². The molecule has 0 saturated carbocycles. The lowest BCUT2D eigenvalue weighted by molar-refractivity contribution is -0.118. The Morgan fingerprint density at radius 3 is 2.56 bits per heavy atom. The molecule has 3 nitrogen and oxygen atoms in total. The van der Waals surface area contributed by atoms with Crippen LogP contribution >= 0.6 is 0 Å². The van der Waals surface area contributed by atoms with Crippen LogP contribution in [0.2, 0.25) is 0 Å². The number of benzene rings is 1. The largest absolute Gasteiger partial charge is 0.322 e. The van der Waals surface area contributed by atoms with Gasteiger partial charge in [0.2, 0.25) is 5.91 Å². The van der Waals surface area contributed by atoms with Crippen LogP contribution in [-0.4, -0.2) is 11.9 Å². The van der Waals surface area contributed by atoms with Crippen molar-refractivity contribution in [1.29, 1.82) is 0 Å². The lowest BCUT2D eigenvalue weighted by atomic mass is 9.99. The predicted molar refractivity (Wildman–Crippen MR) is 62.4 cm³/mol. The maximum Gasteiger partial charge on any atom is 0.241 e. The predicted octanol–water partition coefficient (Wildman–Crippen LogP) is 2.42. The molecule has 0 fully saturated rings. The number of rotatable bonds is 4. The molecule has 1 aromatic rings. The van der Waals surface area contributed by atoms with E-state index < -0.39 is 35.1 Å². The van der Waals surface area contributed by atoms with Gasteiger partial charge in [-0.3, -0.25) is 4.79 Å². The van der Waals surface area contributed by atoms with Crippen molar-refractivity contribution < 1.29 is 18.0 Å². The number of hydrogen-bond donors (Lipinski definition) is 2. The van der Waals surface area contributed by atoms with Gasteiger partial charge >= 0.3 is 0 Å². The third-order valence-electron chi connectivity index (χ3n) is 2.81. The Morgan fingerprint density at radius 2 is 2.00 bits per heavy atom. The maximum atomic E-state index is 13.3. The van der Waals surface area contributed by atoms with Gasteiger partial charge in [-0.1, -0.05) is 20.3 Å². The zero-order valence-corrected chi connectivity index (χ0v) is 10.1. The molecule has 2 atom stereocenters. The van der Waals surface area contributed by atoms with Gasteiger partial charge in [-0.15, -0.1) is 0 Å². The molecule has 0 aliphatic carbocycles. The Morgan fingerprint density at radius 1 is 1.39 bits per heavy atom. The van der Waals surface area contributed by atoms with E-state index in [0.29, 0.717) is 18.6 Å². The fourth-order valence-electron chi connectivity index (χ4n) is 1.38. The number of anilines is 1. The maximum absolute atomic E-state index is 13.3. The molecule has 6 heteroatoms. The number of nitrogens with one attached hydrogen (secondary N) is 1. The molecular weight excluding hydrogens is 245 g/mol. The van der Waals surface area contributed by atoms with Gasteiger partial charge in [0.1, 0.15) is 5.82 Å². The highest BCUT2D eigenvalue weighted by atomic mass is 19.2. The SMILES string of the molecule is CC[C@H](C)[C@H](N)C(=O)Nc1cc(F)cc(F)c1F. The van der Waals surface area contributed by atoms with Crippen LogP contribution in [0.15, 0.2) is 12.1 Å². The minimum Gasteiger partial charge on any atom is -0.322 e. The molecule has 3 N–H and O–H groups in total. The number of carbonyl (C=O) groups excluding carboxylic acids is 1. The summed E-state index contributed by atoms with van der Waals surface area (Å²) < 4.78 is 39.1. The second-order valence-corrected chi connectivity index (χ2v) is 4.15. The summed E-state index contributed by atoms with van der Waals surface area (Å²) >= 11 is 0. The summed E-state index contributed by atoms with van der Waals surface area (Å²) in [5, 5.41) is 2.09. The van der Waals surface area contributed by atoms with Gasteiger partial charge < -0.3 is 11.1 Å². The van der Waals surface area contributed by atoms with Crippen LogP contribution in [0.3, 0.4) is 0 Å². The van der Waals surface area contributed by atoms with Crippen molar-refractivity contribution in [2.45, 2.75) is 26.3 Å². The number of nitrogens with two attached hydrogens (primary N) is 1. The standard InChI is InChI=1S/C12H15F3N2O/c1-3-6(2)11(16)12(18)17-9-5-7(13)4-8(14)10(9)15/h4-6,11H,3,16H2,1-2H3,(H,17,18)/t6-,11-/m0/s1. The Balaban J connectivity index is 2.88. The first-order valence-corrected chi connectivity index (χ1v) is 5.57. The second-order valence-electron chi connectivity index (χ2n) is 4.15. The number of hydrogen-bond acceptors (Lipinski definition) is 2. The van der Waals surface area contributed by atoms with Crippen LogP contribution in [0.4, 0.5) is 18.9 Å². The second kappa shape index (κ2) is 5.86. The molecule has 18 heavy (non-hydrogen) atoms. The first-order chi connectivity index (χ1) is 8.36. The monoisotopic (exact) mass is 260 g/mol. The van der Waals surface area contributed by atoms with Gasteiger partial charge in [0.25, 0.3) is 0 Å². The molecule has 0 aliphatic rings. The highest BCUT2D eigenvalue weighted by Crippen LogP contribution is 2.19. The van der Waals surface area contributed by atoms with E-state index >= 15 is 0 Å². The average Bonchev–Trinajstić information content (AvgIpc) is 2.33. The van der Waals surface area contributed by atoms with Crippen LogP contribution < -0.4 is 11.1 Å². The summed E-state index contributed by atoms with van der Waals surface area (Å²) in [7, 11) is 0. The molecule has 0 saturated heterocycles. The Labute approximate surface area is 103 Å². The Bertz CT molecular complexity index is 451. The van der Waals surface area contributed by atoms with Crippen LogP contribution in [-0.2, 0) is 4.79 Å². The lowest BCUT2D eigenvalue weighted by Gasteiger charge is -2.18. The van der Waals surface area contributed by atoms with E-state index in [9.17, 15) is 18.0 Å². The highest BCUT2D eigenvalue weighted by Gasteiger charge is 2.21. The van der Waals surface area contributed by atoms with E-state index in [-0.39, 0.29) is 5.92 Å². The third-order valence-corrected chi connectivity index (χ3v) is 2.81. The molecule has 1 aromatic carbocycles. The van der Waals surface area contributed by atoms with Crippen LogP contribution in [0.5, 0.6) is 0 Å². The summed E-state index contributed by atoms with van der Waals surface area (Å²) in [6, 6.07) is 0.250. The van der Waals surface area contributed by atoms with Crippen molar-refractivity contribution in [3.05, 3.63) is 29.6 Å². The number of amides is 1. The molecule has 1 amide bonds. The fraction of sp³-hybridized carbons (Fsp3) is 0.417. The van der Waals surface area contributed by atoms with E-state index in [2.05, 4.69) is 5.32 Å². The lowest BCUT2D eigenvalue weighted by Crippen LogP contribution is -2.40. The molecule has 0 bridgehead atoms.